The predicted molar refractivity (Wildman–Crippen MR) is 113 cm³/mol. The molecule has 0 atom stereocenters. The number of ketones is 1. The summed E-state index contributed by atoms with van der Waals surface area (Å²) in [6, 6.07) is 6.47. The number of benzene rings is 1. The standard InChI is InChI=1S/C22H28N2O5S/c1-6-29-22(26)21-15(3)20(16(4)23(21)5)19(25)13-24(17-9-10-17)30(27,28)18-11-7-14(2)8-12-18/h7-8,11-12,17H,6,9-10,13H2,1-5H3. The van der Waals surface area contributed by atoms with Crippen LogP contribution in [-0.4, -0.2) is 48.2 Å². The molecule has 162 valence electrons. The molecule has 0 spiro atoms. The van der Waals surface area contributed by atoms with Crippen LogP contribution in [0, 0.1) is 20.8 Å². The summed E-state index contributed by atoms with van der Waals surface area (Å²) in [5.74, 6) is -0.815. The topological polar surface area (TPSA) is 85.7 Å². The number of sulfonamides is 1. The van der Waals surface area contributed by atoms with Gasteiger partial charge in [0.2, 0.25) is 10.0 Å². The van der Waals surface area contributed by atoms with Crippen LogP contribution in [0.15, 0.2) is 29.2 Å². The summed E-state index contributed by atoms with van der Waals surface area (Å²) in [5.41, 5.74) is 2.79. The Morgan fingerprint density at radius 2 is 1.73 bits per heavy atom. The van der Waals surface area contributed by atoms with Crippen molar-refractivity contribution in [2.24, 2.45) is 7.05 Å². The van der Waals surface area contributed by atoms with Crippen molar-refractivity contribution in [3.05, 3.63) is 52.3 Å². The molecular weight excluding hydrogens is 404 g/mol. The van der Waals surface area contributed by atoms with E-state index in [-0.39, 0.29) is 29.9 Å². The molecule has 3 rings (SSSR count). The molecule has 0 amide bonds. The maximum atomic E-state index is 13.2. The molecule has 1 heterocycles. The van der Waals surface area contributed by atoms with E-state index >= 15 is 0 Å². The number of esters is 1. The van der Waals surface area contributed by atoms with Crippen LogP contribution in [-0.2, 0) is 21.8 Å². The average molecular weight is 433 g/mol. The van der Waals surface area contributed by atoms with E-state index in [2.05, 4.69) is 0 Å². The summed E-state index contributed by atoms with van der Waals surface area (Å²) in [6.45, 7) is 7.03. The Kier molecular flexibility index (Phi) is 6.19. The predicted octanol–water partition coefficient (Wildman–Crippen LogP) is 3.16. The van der Waals surface area contributed by atoms with E-state index in [9.17, 15) is 18.0 Å². The van der Waals surface area contributed by atoms with Crippen molar-refractivity contribution < 1.29 is 22.7 Å². The largest absolute Gasteiger partial charge is 0.461 e. The lowest BCUT2D eigenvalue weighted by Gasteiger charge is -2.21. The highest BCUT2D eigenvalue weighted by Gasteiger charge is 2.40. The smallest absolute Gasteiger partial charge is 0.355 e. The van der Waals surface area contributed by atoms with Crippen molar-refractivity contribution in [1.82, 2.24) is 8.87 Å². The number of hydrogen-bond donors (Lipinski definition) is 0. The summed E-state index contributed by atoms with van der Waals surface area (Å²) < 4.78 is 34.5. The van der Waals surface area contributed by atoms with E-state index < -0.39 is 16.0 Å². The minimum atomic E-state index is -3.80. The van der Waals surface area contributed by atoms with E-state index in [1.807, 2.05) is 6.92 Å². The van der Waals surface area contributed by atoms with Crippen LogP contribution in [0.3, 0.4) is 0 Å². The van der Waals surface area contributed by atoms with E-state index in [4.69, 9.17) is 4.74 Å². The van der Waals surface area contributed by atoms with Gasteiger partial charge in [-0.2, -0.15) is 4.31 Å². The molecule has 30 heavy (non-hydrogen) atoms. The summed E-state index contributed by atoms with van der Waals surface area (Å²) in [5, 5.41) is 0. The first-order chi connectivity index (χ1) is 14.1. The Balaban J connectivity index is 1.95. The number of ether oxygens (including phenoxy) is 1. The summed E-state index contributed by atoms with van der Waals surface area (Å²) in [7, 11) is -2.10. The summed E-state index contributed by atoms with van der Waals surface area (Å²) in [6.07, 6.45) is 1.47. The number of aromatic nitrogens is 1. The highest BCUT2D eigenvalue weighted by molar-refractivity contribution is 7.89. The molecule has 0 unspecified atom stereocenters. The molecule has 1 aliphatic rings. The Morgan fingerprint density at radius 1 is 1.13 bits per heavy atom. The van der Waals surface area contributed by atoms with Crippen molar-refractivity contribution in [1.29, 1.82) is 0 Å². The third-order valence-corrected chi connectivity index (χ3v) is 7.47. The first kappa shape index (κ1) is 22.2. The molecule has 1 fully saturated rings. The first-order valence-corrected chi connectivity index (χ1v) is 11.5. The number of rotatable bonds is 8. The lowest BCUT2D eigenvalue weighted by Crippen LogP contribution is -2.37. The minimum absolute atomic E-state index is 0.172. The van der Waals surface area contributed by atoms with Gasteiger partial charge in [0.25, 0.3) is 0 Å². The summed E-state index contributed by atoms with van der Waals surface area (Å²) in [4.78, 5) is 25.7. The Labute approximate surface area is 177 Å². The molecule has 0 N–H and O–H groups in total. The molecule has 1 aromatic carbocycles. The molecule has 1 aromatic heterocycles. The molecule has 0 saturated heterocycles. The van der Waals surface area contributed by atoms with Gasteiger partial charge in [0.05, 0.1) is 18.0 Å². The zero-order chi connectivity index (χ0) is 22.2. The number of Topliss-reactive ketones (excluding diaryl/α,β-unsaturated/α-hetero) is 1. The van der Waals surface area contributed by atoms with E-state index in [1.165, 1.54) is 4.31 Å². The van der Waals surface area contributed by atoms with Gasteiger partial charge in [-0.25, -0.2) is 13.2 Å². The first-order valence-electron chi connectivity index (χ1n) is 10.0. The molecule has 1 saturated carbocycles. The second-order valence-corrected chi connectivity index (χ2v) is 9.62. The lowest BCUT2D eigenvalue weighted by atomic mass is 10.1. The quantitative estimate of drug-likeness (QED) is 0.472. The third kappa shape index (κ3) is 4.06. The second-order valence-electron chi connectivity index (χ2n) is 7.73. The van der Waals surface area contributed by atoms with Gasteiger partial charge < -0.3 is 9.30 Å². The highest BCUT2D eigenvalue weighted by Crippen LogP contribution is 2.33. The van der Waals surface area contributed by atoms with Gasteiger partial charge >= 0.3 is 5.97 Å². The third-order valence-electron chi connectivity index (χ3n) is 5.56. The van der Waals surface area contributed by atoms with E-state index in [1.54, 1.807) is 56.7 Å². The maximum Gasteiger partial charge on any atom is 0.355 e. The van der Waals surface area contributed by atoms with Gasteiger partial charge in [-0.15, -0.1) is 0 Å². The molecule has 0 bridgehead atoms. The van der Waals surface area contributed by atoms with E-state index in [0.29, 0.717) is 22.5 Å². The Bertz CT molecular complexity index is 1080. The van der Waals surface area contributed by atoms with Crippen molar-refractivity contribution in [3.8, 4) is 0 Å². The van der Waals surface area contributed by atoms with Crippen LogP contribution in [0.5, 0.6) is 0 Å². The monoisotopic (exact) mass is 432 g/mol. The molecule has 7 nitrogen and oxygen atoms in total. The molecular formula is C22H28N2O5S. The molecule has 2 aromatic rings. The number of carbonyl (C=O) groups excluding carboxylic acids is 2. The fourth-order valence-corrected chi connectivity index (χ4v) is 5.36. The van der Waals surface area contributed by atoms with Gasteiger partial charge in [-0.3, -0.25) is 4.79 Å². The number of aryl methyl sites for hydroxylation is 1. The lowest BCUT2D eigenvalue weighted by molar-refractivity contribution is 0.0514. The maximum absolute atomic E-state index is 13.2. The van der Waals surface area contributed by atoms with Crippen LogP contribution in [0.1, 0.15) is 57.4 Å². The van der Waals surface area contributed by atoms with Gasteiger partial charge in [-0.1, -0.05) is 17.7 Å². The zero-order valence-corrected chi connectivity index (χ0v) is 18.9. The fraction of sp³-hybridized carbons (Fsp3) is 0.455. The van der Waals surface area contributed by atoms with Gasteiger partial charge in [0, 0.05) is 24.3 Å². The van der Waals surface area contributed by atoms with Gasteiger partial charge in [0.1, 0.15) is 5.69 Å². The van der Waals surface area contributed by atoms with Crippen LogP contribution < -0.4 is 0 Å². The van der Waals surface area contributed by atoms with Crippen LogP contribution >= 0.6 is 0 Å². The molecule has 0 aliphatic heterocycles. The van der Waals surface area contributed by atoms with E-state index in [0.717, 1.165) is 18.4 Å². The van der Waals surface area contributed by atoms with Crippen molar-refractivity contribution in [2.75, 3.05) is 13.2 Å². The van der Waals surface area contributed by atoms with Gasteiger partial charge in [-0.05, 0) is 58.2 Å². The average Bonchev–Trinajstić information content (AvgIpc) is 3.48. The van der Waals surface area contributed by atoms with Crippen LogP contribution in [0.4, 0.5) is 0 Å². The highest BCUT2D eigenvalue weighted by atomic mass is 32.2. The van der Waals surface area contributed by atoms with Crippen LogP contribution in [0.25, 0.3) is 0 Å². The zero-order valence-electron chi connectivity index (χ0n) is 18.1. The number of nitrogens with zero attached hydrogens (tertiary/aromatic N) is 2. The van der Waals surface area contributed by atoms with Crippen molar-refractivity contribution >= 4 is 21.8 Å². The SMILES string of the molecule is CCOC(=O)c1c(C)c(C(=O)CN(C2CC2)S(=O)(=O)c2ccc(C)cc2)c(C)n1C. The summed E-state index contributed by atoms with van der Waals surface area (Å²) >= 11 is 0. The van der Waals surface area contributed by atoms with Crippen molar-refractivity contribution in [2.45, 2.75) is 51.5 Å². The Morgan fingerprint density at radius 3 is 2.27 bits per heavy atom. The fourth-order valence-electron chi connectivity index (χ4n) is 3.72. The minimum Gasteiger partial charge on any atom is -0.461 e. The molecule has 1 aliphatic carbocycles. The van der Waals surface area contributed by atoms with Crippen molar-refractivity contribution in [3.63, 3.8) is 0 Å². The normalized spacial score (nSPS) is 14.2. The second kappa shape index (κ2) is 8.35. The number of carbonyl (C=O) groups is 2. The molecule has 0 radical (unpaired) electrons. The number of hydrogen-bond acceptors (Lipinski definition) is 5. The molecule has 8 heteroatoms. The van der Waals surface area contributed by atoms with Crippen LogP contribution in [0.2, 0.25) is 0 Å². The Hall–Kier alpha value is -2.45. The van der Waals surface area contributed by atoms with Gasteiger partial charge in [0.15, 0.2) is 5.78 Å².